The Labute approximate surface area is 118 Å². The molecule has 0 bridgehead atoms. The lowest BCUT2D eigenvalue weighted by molar-refractivity contribution is 0.0376. The molecular weight excluding hydrogens is 270 g/mol. The van der Waals surface area contributed by atoms with Gasteiger partial charge in [0, 0.05) is 14.1 Å². The molecule has 1 aliphatic carbocycles. The van der Waals surface area contributed by atoms with Crippen molar-refractivity contribution in [3.8, 4) is 0 Å². The Morgan fingerprint density at radius 1 is 1.44 bits per heavy atom. The van der Waals surface area contributed by atoms with E-state index in [0.29, 0.717) is 11.1 Å². The van der Waals surface area contributed by atoms with Gasteiger partial charge in [-0.25, -0.2) is 0 Å². The molecule has 1 heterocycles. The molecule has 1 saturated carbocycles. The van der Waals surface area contributed by atoms with Crippen LogP contribution in [-0.2, 0) is 0 Å². The van der Waals surface area contributed by atoms with Crippen molar-refractivity contribution >= 4 is 33.6 Å². The maximum absolute atomic E-state index is 10.6. The van der Waals surface area contributed by atoms with E-state index in [4.69, 9.17) is 16.6 Å². The van der Waals surface area contributed by atoms with Gasteiger partial charge in [-0.05, 0) is 24.6 Å². The lowest BCUT2D eigenvalue weighted by atomic mass is 9.96. The number of amidine groups is 1. The van der Waals surface area contributed by atoms with Crippen LogP contribution in [0, 0.1) is 0 Å². The van der Waals surface area contributed by atoms with E-state index in [2.05, 4.69) is 4.99 Å². The van der Waals surface area contributed by atoms with Gasteiger partial charge < -0.3 is 10.0 Å². The fourth-order valence-electron chi connectivity index (χ4n) is 2.39. The summed E-state index contributed by atoms with van der Waals surface area (Å²) in [5.74, 6) is 0.112. The van der Waals surface area contributed by atoms with Crippen LogP contribution in [0.3, 0.4) is 0 Å². The second kappa shape index (κ2) is 5.80. The Hall–Kier alpha value is -0.260. The second-order valence-corrected chi connectivity index (χ2v) is 6.07. The molecule has 6 heteroatoms. The number of halogens is 1. The molecule has 2 aliphatic rings. The van der Waals surface area contributed by atoms with E-state index < -0.39 is 5.72 Å². The first-order valence-corrected chi connectivity index (χ1v) is 7.72. The third-order valence-corrected chi connectivity index (χ3v) is 5.26. The maximum atomic E-state index is 10.6. The fraction of sp³-hybridized carbons (Fsp3) is 0.833. The first kappa shape index (κ1) is 14.2. The highest BCUT2D eigenvalue weighted by molar-refractivity contribution is 8.27. The van der Waals surface area contributed by atoms with Crippen molar-refractivity contribution in [1.29, 1.82) is 0 Å². The van der Waals surface area contributed by atoms with Gasteiger partial charge in [-0.15, -0.1) is 11.6 Å². The largest absolute Gasteiger partial charge is 0.364 e. The number of hydrogen-bond acceptors (Lipinski definition) is 4. The maximum Gasteiger partial charge on any atom is 0.203 e. The Kier molecular flexibility index (Phi) is 4.56. The minimum atomic E-state index is -1.18. The van der Waals surface area contributed by atoms with Crippen LogP contribution in [0.4, 0.5) is 0 Å². The second-order valence-electron chi connectivity index (χ2n) is 4.84. The summed E-state index contributed by atoms with van der Waals surface area (Å²) in [6.45, 7) is 0. The smallest absolute Gasteiger partial charge is 0.203 e. The van der Waals surface area contributed by atoms with Gasteiger partial charge in [0.1, 0.15) is 5.04 Å². The van der Waals surface area contributed by atoms with Crippen molar-refractivity contribution in [3.05, 3.63) is 0 Å². The summed E-state index contributed by atoms with van der Waals surface area (Å²) in [6.07, 6.45) is 6.00. The monoisotopic (exact) mass is 289 g/mol. The Morgan fingerprint density at radius 3 is 2.67 bits per heavy atom. The third-order valence-electron chi connectivity index (χ3n) is 3.62. The van der Waals surface area contributed by atoms with Gasteiger partial charge in [-0.2, -0.15) is 0 Å². The van der Waals surface area contributed by atoms with Crippen LogP contribution < -0.4 is 0 Å². The summed E-state index contributed by atoms with van der Waals surface area (Å²) in [5, 5.41) is 12.1. The van der Waals surface area contributed by atoms with Crippen LogP contribution in [0.5, 0.6) is 0 Å². The van der Waals surface area contributed by atoms with Crippen molar-refractivity contribution in [2.24, 2.45) is 9.98 Å². The number of alkyl halides is 1. The van der Waals surface area contributed by atoms with Crippen LogP contribution in [0.1, 0.15) is 32.1 Å². The molecule has 0 aromatic heterocycles. The lowest BCUT2D eigenvalue weighted by Gasteiger charge is -2.29. The van der Waals surface area contributed by atoms with Crippen LogP contribution in [0.15, 0.2) is 9.98 Å². The summed E-state index contributed by atoms with van der Waals surface area (Å²) in [4.78, 5) is 10.6. The molecule has 102 valence electrons. The fourth-order valence-corrected chi connectivity index (χ4v) is 3.90. The molecule has 1 saturated heterocycles. The molecule has 1 unspecified atom stereocenters. The van der Waals surface area contributed by atoms with Gasteiger partial charge in [0.25, 0.3) is 0 Å². The third kappa shape index (κ3) is 2.53. The highest BCUT2D eigenvalue weighted by Gasteiger charge is 2.46. The van der Waals surface area contributed by atoms with E-state index in [1.54, 1.807) is 19.0 Å². The molecule has 1 aliphatic heterocycles. The van der Waals surface area contributed by atoms with E-state index >= 15 is 0 Å². The summed E-state index contributed by atoms with van der Waals surface area (Å²) in [5.41, 5.74) is -1.18. The number of nitrogens with zero attached hydrogens (tertiary/aromatic N) is 3. The SMILES string of the molecule is CN=C1SC(=NC2CCCCC2)C(O)(CCl)N1C. The number of thioether (sulfide) groups is 1. The summed E-state index contributed by atoms with van der Waals surface area (Å²) in [6, 6.07) is 0.334. The van der Waals surface area contributed by atoms with Crippen molar-refractivity contribution in [1.82, 2.24) is 4.90 Å². The zero-order valence-corrected chi connectivity index (χ0v) is 12.5. The Balaban J connectivity index is 2.22. The zero-order chi connectivity index (χ0) is 13.2. The number of aliphatic hydroxyl groups is 1. The van der Waals surface area contributed by atoms with E-state index in [1.807, 2.05) is 0 Å². The number of rotatable bonds is 2. The van der Waals surface area contributed by atoms with Crippen molar-refractivity contribution in [3.63, 3.8) is 0 Å². The highest BCUT2D eigenvalue weighted by Crippen LogP contribution is 2.35. The summed E-state index contributed by atoms with van der Waals surface area (Å²) in [7, 11) is 3.53. The molecule has 2 rings (SSSR count). The number of hydrogen-bond donors (Lipinski definition) is 1. The summed E-state index contributed by atoms with van der Waals surface area (Å²) >= 11 is 7.37. The first-order valence-electron chi connectivity index (χ1n) is 6.37. The van der Waals surface area contributed by atoms with Gasteiger partial charge in [-0.3, -0.25) is 9.98 Å². The van der Waals surface area contributed by atoms with Gasteiger partial charge in [0.05, 0.1) is 11.9 Å². The highest BCUT2D eigenvalue weighted by atomic mass is 35.5. The molecule has 18 heavy (non-hydrogen) atoms. The van der Waals surface area contributed by atoms with Crippen LogP contribution >= 0.6 is 23.4 Å². The molecular formula is C12H20ClN3OS. The quantitative estimate of drug-likeness (QED) is 0.794. The van der Waals surface area contributed by atoms with Crippen LogP contribution in [0.25, 0.3) is 0 Å². The van der Waals surface area contributed by atoms with E-state index in [0.717, 1.165) is 18.0 Å². The molecule has 1 N–H and O–H groups in total. The van der Waals surface area contributed by atoms with Crippen molar-refractivity contribution in [2.45, 2.75) is 43.9 Å². The van der Waals surface area contributed by atoms with Crippen LogP contribution in [0.2, 0.25) is 0 Å². The van der Waals surface area contributed by atoms with E-state index in [-0.39, 0.29) is 5.88 Å². The average Bonchev–Trinajstić information content (AvgIpc) is 2.65. The first-order chi connectivity index (χ1) is 8.61. The minimum Gasteiger partial charge on any atom is -0.364 e. The van der Waals surface area contributed by atoms with E-state index in [9.17, 15) is 5.11 Å². The van der Waals surface area contributed by atoms with Gasteiger partial charge in [0.15, 0.2) is 5.17 Å². The number of aliphatic imine (C=N–C) groups is 2. The molecule has 0 aromatic carbocycles. The zero-order valence-electron chi connectivity index (χ0n) is 10.9. The average molecular weight is 290 g/mol. The normalized spacial score (nSPS) is 34.8. The predicted octanol–water partition coefficient (Wildman–Crippen LogP) is 2.31. The molecule has 2 fully saturated rings. The van der Waals surface area contributed by atoms with E-state index in [1.165, 1.54) is 31.0 Å². The Morgan fingerprint density at radius 2 is 2.11 bits per heavy atom. The predicted molar refractivity (Wildman–Crippen MR) is 78.7 cm³/mol. The minimum absolute atomic E-state index is 0.112. The van der Waals surface area contributed by atoms with Crippen molar-refractivity contribution in [2.75, 3.05) is 20.0 Å². The van der Waals surface area contributed by atoms with Crippen LogP contribution in [-0.4, -0.2) is 52.0 Å². The molecule has 0 aromatic rings. The van der Waals surface area contributed by atoms with Gasteiger partial charge >= 0.3 is 0 Å². The topological polar surface area (TPSA) is 48.2 Å². The Bertz CT molecular complexity index is 368. The summed E-state index contributed by atoms with van der Waals surface area (Å²) < 4.78 is 0. The molecule has 0 amide bonds. The van der Waals surface area contributed by atoms with Gasteiger partial charge in [0.2, 0.25) is 5.72 Å². The molecule has 0 radical (unpaired) electrons. The van der Waals surface area contributed by atoms with Gasteiger partial charge in [-0.1, -0.05) is 19.3 Å². The lowest BCUT2D eigenvalue weighted by Crippen LogP contribution is -2.49. The molecule has 0 spiro atoms. The molecule has 4 nitrogen and oxygen atoms in total. The molecule has 1 atom stereocenters. The standard InChI is InChI=1S/C12H20ClN3OS/c1-14-11-16(2)12(17,8-13)10(18-11)15-9-6-4-3-5-7-9/h9,17H,3-8H2,1-2H3. The van der Waals surface area contributed by atoms with Crippen molar-refractivity contribution < 1.29 is 5.11 Å².